The minimum atomic E-state index is -0.878. The molecule has 0 aliphatic carbocycles. The molecule has 0 saturated carbocycles. The molecule has 0 heterocycles. The van der Waals surface area contributed by atoms with Crippen molar-refractivity contribution in [3.05, 3.63) is 59.7 Å². The summed E-state index contributed by atoms with van der Waals surface area (Å²) in [6.45, 7) is 3.89. The minimum absolute atomic E-state index is 0.0397. The van der Waals surface area contributed by atoms with Gasteiger partial charge in [-0.3, -0.25) is 4.79 Å². The Kier molecular flexibility index (Phi) is 6.09. The van der Waals surface area contributed by atoms with E-state index < -0.39 is 18.0 Å². The van der Waals surface area contributed by atoms with Gasteiger partial charge < -0.3 is 15.2 Å². The maximum atomic E-state index is 11.9. The fourth-order valence-corrected chi connectivity index (χ4v) is 1.98. The molecule has 126 valence electrons. The molecule has 0 aromatic heterocycles. The summed E-state index contributed by atoms with van der Waals surface area (Å²) in [6.07, 6.45) is 0.202. The molecular formula is C19H21NO4. The summed E-state index contributed by atoms with van der Waals surface area (Å²) in [5.41, 5.74) is 7.92. The average molecular weight is 327 g/mol. The van der Waals surface area contributed by atoms with Gasteiger partial charge in [0, 0.05) is 6.42 Å². The third-order valence-electron chi connectivity index (χ3n) is 3.45. The number of aryl methyl sites for hydroxylation is 2. The first kappa shape index (κ1) is 17.7. The second kappa shape index (κ2) is 8.26. The number of ether oxygens (including phenoxy) is 2. The molecular weight excluding hydrogens is 306 g/mol. The number of nitrogens with two attached hydrogens (primary N) is 1. The van der Waals surface area contributed by atoms with Gasteiger partial charge in [-0.15, -0.1) is 0 Å². The Morgan fingerprint density at radius 2 is 1.33 bits per heavy atom. The molecule has 0 amide bonds. The fourth-order valence-electron chi connectivity index (χ4n) is 1.98. The highest BCUT2D eigenvalue weighted by molar-refractivity contribution is 5.79. The van der Waals surface area contributed by atoms with Crippen LogP contribution in [0.1, 0.15) is 24.0 Å². The number of hydrogen-bond acceptors (Lipinski definition) is 5. The number of hydrogen-bond donors (Lipinski definition) is 1. The molecule has 5 nitrogen and oxygen atoms in total. The van der Waals surface area contributed by atoms with Crippen molar-refractivity contribution in [1.29, 1.82) is 0 Å². The Morgan fingerprint density at radius 1 is 0.875 bits per heavy atom. The molecule has 0 aliphatic rings. The number of esters is 2. The summed E-state index contributed by atoms with van der Waals surface area (Å²) in [7, 11) is 0. The second-order valence-electron chi connectivity index (χ2n) is 5.67. The predicted molar refractivity (Wildman–Crippen MR) is 90.8 cm³/mol. The third-order valence-corrected chi connectivity index (χ3v) is 3.45. The molecule has 24 heavy (non-hydrogen) atoms. The van der Waals surface area contributed by atoms with Crippen LogP contribution in [0.4, 0.5) is 0 Å². The highest BCUT2D eigenvalue weighted by Crippen LogP contribution is 2.14. The smallest absolute Gasteiger partial charge is 0.328 e. The summed E-state index contributed by atoms with van der Waals surface area (Å²) in [6, 6.07) is 13.4. The molecule has 2 aromatic rings. The lowest BCUT2D eigenvalue weighted by atomic mass is 10.1. The van der Waals surface area contributed by atoms with Gasteiger partial charge in [0.25, 0.3) is 0 Å². The van der Waals surface area contributed by atoms with Crippen LogP contribution in [0.25, 0.3) is 0 Å². The fraction of sp³-hybridized carbons (Fsp3) is 0.263. The first-order chi connectivity index (χ1) is 11.4. The van der Waals surface area contributed by atoms with E-state index in [4.69, 9.17) is 15.2 Å². The first-order valence-electron chi connectivity index (χ1n) is 7.75. The quantitative estimate of drug-likeness (QED) is 0.652. The van der Waals surface area contributed by atoms with E-state index in [1.54, 1.807) is 24.3 Å². The highest BCUT2D eigenvalue weighted by atomic mass is 16.5. The van der Waals surface area contributed by atoms with Gasteiger partial charge in [0.05, 0.1) is 0 Å². The lowest BCUT2D eigenvalue weighted by molar-refractivity contribution is -0.137. The molecule has 0 spiro atoms. The monoisotopic (exact) mass is 327 g/mol. The molecule has 2 rings (SSSR count). The number of carbonyl (C=O) groups excluding carboxylic acids is 2. The van der Waals surface area contributed by atoms with Crippen LogP contribution in [0.2, 0.25) is 0 Å². The molecule has 2 aromatic carbocycles. The minimum Gasteiger partial charge on any atom is -0.427 e. The van der Waals surface area contributed by atoms with E-state index in [0.717, 1.165) is 11.1 Å². The summed E-state index contributed by atoms with van der Waals surface area (Å²) in [5, 5.41) is 0. The van der Waals surface area contributed by atoms with Crippen LogP contribution in [-0.4, -0.2) is 18.0 Å². The van der Waals surface area contributed by atoms with Gasteiger partial charge in [0.15, 0.2) is 0 Å². The first-order valence-corrected chi connectivity index (χ1v) is 7.75. The molecule has 0 unspecified atom stereocenters. The van der Waals surface area contributed by atoms with E-state index in [-0.39, 0.29) is 12.8 Å². The summed E-state index contributed by atoms with van der Waals surface area (Å²) >= 11 is 0. The zero-order valence-electron chi connectivity index (χ0n) is 13.8. The van der Waals surface area contributed by atoms with Crippen LogP contribution in [0, 0.1) is 13.8 Å². The highest BCUT2D eigenvalue weighted by Gasteiger charge is 2.18. The van der Waals surface area contributed by atoms with Gasteiger partial charge in [-0.1, -0.05) is 35.4 Å². The van der Waals surface area contributed by atoms with Crippen molar-refractivity contribution in [3.8, 4) is 11.5 Å². The Hall–Kier alpha value is -2.66. The standard InChI is InChI=1S/C19H21NO4/c1-13-3-7-15(8-4-13)23-18(21)12-11-17(20)19(22)24-16-9-5-14(2)6-10-16/h3-10,17H,11-12,20H2,1-2H3/t17-/m0/s1. The van der Waals surface area contributed by atoms with E-state index in [1.165, 1.54) is 0 Å². The summed E-state index contributed by atoms with van der Waals surface area (Å²) in [5.74, 6) is -0.0934. The maximum Gasteiger partial charge on any atom is 0.328 e. The van der Waals surface area contributed by atoms with Gasteiger partial charge in [-0.25, -0.2) is 4.79 Å². The van der Waals surface area contributed by atoms with Crippen molar-refractivity contribution in [1.82, 2.24) is 0 Å². The van der Waals surface area contributed by atoms with E-state index in [0.29, 0.717) is 11.5 Å². The molecule has 0 radical (unpaired) electrons. The molecule has 0 aliphatic heterocycles. The van der Waals surface area contributed by atoms with Crippen LogP contribution < -0.4 is 15.2 Å². The van der Waals surface area contributed by atoms with E-state index in [9.17, 15) is 9.59 Å². The van der Waals surface area contributed by atoms with E-state index in [1.807, 2.05) is 38.1 Å². The summed E-state index contributed by atoms with van der Waals surface area (Å²) in [4.78, 5) is 23.7. The van der Waals surface area contributed by atoms with Gasteiger partial charge in [-0.2, -0.15) is 0 Å². The summed E-state index contributed by atoms with van der Waals surface area (Å²) < 4.78 is 10.4. The predicted octanol–water partition coefficient (Wildman–Crippen LogP) is 2.92. The van der Waals surface area contributed by atoms with Crippen molar-refractivity contribution >= 4 is 11.9 Å². The van der Waals surface area contributed by atoms with Crippen LogP contribution in [0.5, 0.6) is 11.5 Å². The SMILES string of the molecule is Cc1ccc(OC(=O)CC[C@H](N)C(=O)Oc2ccc(C)cc2)cc1. The maximum absolute atomic E-state index is 11.9. The zero-order valence-corrected chi connectivity index (χ0v) is 13.8. The molecule has 0 fully saturated rings. The van der Waals surface area contributed by atoms with Crippen LogP contribution in [-0.2, 0) is 9.59 Å². The third kappa shape index (κ3) is 5.52. The average Bonchev–Trinajstić information content (AvgIpc) is 2.57. The molecule has 5 heteroatoms. The van der Waals surface area contributed by atoms with Crippen LogP contribution >= 0.6 is 0 Å². The van der Waals surface area contributed by atoms with Crippen LogP contribution in [0.3, 0.4) is 0 Å². The lowest BCUT2D eigenvalue weighted by Crippen LogP contribution is -2.35. The van der Waals surface area contributed by atoms with Crippen molar-refractivity contribution in [3.63, 3.8) is 0 Å². The van der Waals surface area contributed by atoms with Gasteiger partial charge in [-0.05, 0) is 44.5 Å². The number of benzene rings is 2. The Morgan fingerprint density at radius 3 is 1.83 bits per heavy atom. The Labute approximate surface area is 141 Å². The van der Waals surface area contributed by atoms with E-state index in [2.05, 4.69) is 0 Å². The lowest BCUT2D eigenvalue weighted by Gasteiger charge is -2.11. The van der Waals surface area contributed by atoms with Gasteiger partial charge in [0.1, 0.15) is 17.5 Å². The molecule has 2 N–H and O–H groups in total. The van der Waals surface area contributed by atoms with Crippen molar-refractivity contribution in [2.24, 2.45) is 5.73 Å². The second-order valence-corrected chi connectivity index (χ2v) is 5.67. The van der Waals surface area contributed by atoms with E-state index >= 15 is 0 Å². The van der Waals surface area contributed by atoms with Gasteiger partial charge in [0.2, 0.25) is 0 Å². The molecule has 0 saturated heterocycles. The normalized spacial score (nSPS) is 11.6. The molecule has 1 atom stereocenters. The van der Waals surface area contributed by atoms with Crippen LogP contribution in [0.15, 0.2) is 48.5 Å². The Balaban J connectivity index is 1.77. The number of rotatable bonds is 6. The zero-order chi connectivity index (χ0) is 17.5. The van der Waals surface area contributed by atoms with Crippen molar-refractivity contribution in [2.75, 3.05) is 0 Å². The van der Waals surface area contributed by atoms with Crippen molar-refractivity contribution < 1.29 is 19.1 Å². The van der Waals surface area contributed by atoms with Gasteiger partial charge >= 0.3 is 11.9 Å². The topological polar surface area (TPSA) is 78.6 Å². The van der Waals surface area contributed by atoms with Crippen molar-refractivity contribution in [2.45, 2.75) is 32.7 Å². The largest absolute Gasteiger partial charge is 0.427 e. The number of carbonyl (C=O) groups is 2. The Bertz CT molecular complexity index is 692. The molecule has 0 bridgehead atoms.